The third kappa shape index (κ3) is 9.91. The van der Waals surface area contributed by atoms with Gasteiger partial charge in [0.1, 0.15) is 11.4 Å². The summed E-state index contributed by atoms with van der Waals surface area (Å²) in [6, 6.07) is 8.03. The Kier molecular flexibility index (Phi) is 9.83. The maximum absolute atomic E-state index is 12.4. The molecule has 0 aromatic heterocycles. The summed E-state index contributed by atoms with van der Waals surface area (Å²) >= 11 is 0. The van der Waals surface area contributed by atoms with Gasteiger partial charge in [-0.2, -0.15) is 0 Å². The molecule has 6 heteroatoms. The first-order valence-corrected chi connectivity index (χ1v) is 14.1. The summed E-state index contributed by atoms with van der Waals surface area (Å²) in [4.78, 5) is 12.4. The predicted octanol–water partition coefficient (Wildman–Crippen LogP) is 6.54. The van der Waals surface area contributed by atoms with Crippen LogP contribution in [0, 0.1) is 0 Å². The number of rotatable bonds is 10. The molecule has 0 spiro atoms. The summed E-state index contributed by atoms with van der Waals surface area (Å²) < 4.78 is 17.3. The van der Waals surface area contributed by atoms with E-state index in [1.54, 1.807) is 0 Å². The first-order valence-electron chi connectivity index (χ1n) is 11.2. The van der Waals surface area contributed by atoms with E-state index in [0.717, 1.165) is 17.5 Å². The summed E-state index contributed by atoms with van der Waals surface area (Å²) in [5.41, 5.74) is 1.55. The molecule has 0 aliphatic rings. The fraction of sp³-hybridized carbons (Fsp3) is 0.640. The SMILES string of the molecule is C=C(OCC)c1ccc(C[C@@H](CCO[Si](C)(C)C(C)(C)C)NC(=O)OC(C)(C)C)cc1. The van der Waals surface area contributed by atoms with Gasteiger partial charge in [0.2, 0.25) is 0 Å². The third-order valence-electron chi connectivity index (χ3n) is 5.53. The van der Waals surface area contributed by atoms with Crippen LogP contribution in [0.2, 0.25) is 18.1 Å². The monoisotopic (exact) mass is 449 g/mol. The molecule has 31 heavy (non-hydrogen) atoms. The van der Waals surface area contributed by atoms with Crippen molar-refractivity contribution >= 4 is 20.2 Å². The lowest BCUT2D eigenvalue weighted by Crippen LogP contribution is -2.44. The number of nitrogens with one attached hydrogen (secondary N) is 1. The molecular formula is C25H43NO4Si. The second kappa shape index (κ2) is 11.2. The second-order valence-corrected chi connectivity index (χ2v) is 15.3. The molecule has 1 rings (SSSR count). The predicted molar refractivity (Wildman–Crippen MR) is 132 cm³/mol. The van der Waals surface area contributed by atoms with E-state index >= 15 is 0 Å². The Balaban J connectivity index is 2.84. The smallest absolute Gasteiger partial charge is 0.407 e. The topological polar surface area (TPSA) is 56.8 Å². The van der Waals surface area contributed by atoms with Crippen molar-refractivity contribution in [2.45, 2.75) is 91.1 Å². The highest BCUT2D eigenvalue weighted by Crippen LogP contribution is 2.36. The molecule has 0 saturated heterocycles. The van der Waals surface area contributed by atoms with Crippen molar-refractivity contribution in [2.75, 3.05) is 13.2 Å². The van der Waals surface area contributed by atoms with Gasteiger partial charge in [-0.25, -0.2) is 4.79 Å². The number of hydrogen-bond donors (Lipinski definition) is 1. The Hall–Kier alpha value is -1.79. The lowest BCUT2D eigenvalue weighted by Gasteiger charge is -2.36. The van der Waals surface area contributed by atoms with Crippen LogP contribution in [0.15, 0.2) is 30.8 Å². The van der Waals surface area contributed by atoms with Crippen molar-refractivity contribution in [1.29, 1.82) is 0 Å². The fourth-order valence-corrected chi connectivity index (χ4v) is 3.80. The van der Waals surface area contributed by atoms with Crippen molar-refractivity contribution < 1.29 is 18.7 Å². The third-order valence-corrected chi connectivity index (χ3v) is 10.1. The van der Waals surface area contributed by atoms with E-state index in [1.807, 2.05) is 39.8 Å². The zero-order chi connectivity index (χ0) is 23.9. The molecule has 1 aromatic carbocycles. The van der Waals surface area contributed by atoms with Gasteiger partial charge >= 0.3 is 6.09 Å². The number of ether oxygens (including phenoxy) is 2. The van der Waals surface area contributed by atoms with Crippen molar-refractivity contribution in [3.63, 3.8) is 0 Å². The summed E-state index contributed by atoms with van der Waals surface area (Å²) in [5.74, 6) is 0.667. The summed E-state index contributed by atoms with van der Waals surface area (Å²) in [5, 5.41) is 3.19. The fourth-order valence-electron chi connectivity index (χ4n) is 2.74. The highest BCUT2D eigenvalue weighted by Gasteiger charge is 2.37. The molecule has 0 heterocycles. The average molecular weight is 450 g/mol. The first-order chi connectivity index (χ1) is 14.1. The van der Waals surface area contributed by atoms with E-state index < -0.39 is 20.0 Å². The largest absolute Gasteiger partial charge is 0.494 e. The van der Waals surface area contributed by atoms with Crippen LogP contribution in [-0.4, -0.2) is 39.3 Å². The molecule has 0 bridgehead atoms. The normalized spacial score (nSPS) is 13.5. The van der Waals surface area contributed by atoms with Gasteiger partial charge in [-0.1, -0.05) is 51.6 Å². The van der Waals surface area contributed by atoms with Crippen molar-refractivity contribution in [3.8, 4) is 0 Å². The maximum Gasteiger partial charge on any atom is 0.407 e. The van der Waals surface area contributed by atoms with E-state index in [-0.39, 0.29) is 11.1 Å². The number of benzene rings is 1. The van der Waals surface area contributed by atoms with Gasteiger partial charge in [0.25, 0.3) is 0 Å². The van der Waals surface area contributed by atoms with Crippen LogP contribution in [0.4, 0.5) is 4.79 Å². The highest BCUT2D eigenvalue weighted by molar-refractivity contribution is 6.74. The molecule has 0 saturated carbocycles. The van der Waals surface area contributed by atoms with Crippen molar-refractivity contribution in [3.05, 3.63) is 42.0 Å². The van der Waals surface area contributed by atoms with E-state index in [0.29, 0.717) is 25.4 Å². The molecule has 1 atom stereocenters. The van der Waals surface area contributed by atoms with Crippen LogP contribution >= 0.6 is 0 Å². The van der Waals surface area contributed by atoms with Gasteiger partial charge in [-0.05, 0) is 64.2 Å². The number of amides is 1. The minimum atomic E-state index is -1.84. The minimum absolute atomic E-state index is 0.0828. The molecule has 0 unspecified atom stereocenters. The molecule has 1 N–H and O–H groups in total. The Morgan fingerprint density at radius 3 is 2.16 bits per heavy atom. The first kappa shape index (κ1) is 27.2. The van der Waals surface area contributed by atoms with Gasteiger partial charge in [-0.15, -0.1) is 0 Å². The van der Waals surface area contributed by atoms with Gasteiger partial charge in [-0.3, -0.25) is 0 Å². The van der Waals surface area contributed by atoms with Gasteiger partial charge < -0.3 is 19.2 Å². The van der Waals surface area contributed by atoms with E-state index in [9.17, 15) is 4.79 Å². The maximum atomic E-state index is 12.4. The molecule has 0 aliphatic carbocycles. The standard InChI is InChI=1S/C25H43NO4Si/c1-11-28-19(2)21-14-12-20(13-15-21)18-22(26-23(27)30-24(3,4)5)16-17-29-31(9,10)25(6,7)8/h12-15,22H,2,11,16-18H2,1,3-10H3,(H,26,27)/t22-/m1/s1. The van der Waals surface area contributed by atoms with Crippen LogP contribution < -0.4 is 5.32 Å². The average Bonchev–Trinajstić information content (AvgIpc) is 2.59. The number of hydrogen-bond acceptors (Lipinski definition) is 4. The Morgan fingerprint density at radius 1 is 1.10 bits per heavy atom. The molecule has 5 nitrogen and oxygen atoms in total. The number of alkyl carbamates (subject to hydrolysis) is 1. The zero-order valence-corrected chi connectivity index (χ0v) is 22.1. The quantitative estimate of drug-likeness (QED) is 0.325. The van der Waals surface area contributed by atoms with Crippen molar-refractivity contribution in [1.82, 2.24) is 5.32 Å². The molecular weight excluding hydrogens is 406 g/mol. The second-order valence-electron chi connectivity index (χ2n) is 10.5. The molecule has 1 amide bonds. The highest BCUT2D eigenvalue weighted by atomic mass is 28.4. The van der Waals surface area contributed by atoms with E-state index in [1.165, 1.54) is 0 Å². The van der Waals surface area contributed by atoms with Crippen LogP contribution in [0.5, 0.6) is 0 Å². The zero-order valence-electron chi connectivity index (χ0n) is 21.1. The summed E-state index contributed by atoms with van der Waals surface area (Å²) in [7, 11) is -1.84. The molecule has 176 valence electrons. The van der Waals surface area contributed by atoms with E-state index in [4.69, 9.17) is 13.9 Å². The summed E-state index contributed by atoms with van der Waals surface area (Å²) in [6.45, 7) is 23.9. The van der Waals surface area contributed by atoms with Crippen LogP contribution in [-0.2, 0) is 20.3 Å². The molecule has 0 radical (unpaired) electrons. The Labute approximate surface area is 190 Å². The lowest BCUT2D eigenvalue weighted by molar-refractivity contribution is 0.0497. The molecule has 1 aromatic rings. The van der Waals surface area contributed by atoms with Crippen LogP contribution in [0.1, 0.15) is 66.0 Å². The minimum Gasteiger partial charge on any atom is -0.494 e. The van der Waals surface area contributed by atoms with Crippen LogP contribution in [0.3, 0.4) is 0 Å². The number of carbonyl (C=O) groups excluding carboxylic acids is 1. The van der Waals surface area contributed by atoms with Gasteiger partial charge in [0.15, 0.2) is 8.32 Å². The Morgan fingerprint density at radius 2 is 1.68 bits per heavy atom. The van der Waals surface area contributed by atoms with Crippen LogP contribution in [0.25, 0.3) is 5.76 Å². The van der Waals surface area contributed by atoms with Gasteiger partial charge in [0.05, 0.1) is 6.61 Å². The Bertz CT molecular complexity index is 715. The lowest BCUT2D eigenvalue weighted by atomic mass is 10.0. The molecule has 0 fully saturated rings. The number of carbonyl (C=O) groups is 1. The van der Waals surface area contributed by atoms with Gasteiger partial charge in [0, 0.05) is 18.2 Å². The molecule has 0 aliphatic heterocycles. The summed E-state index contributed by atoms with van der Waals surface area (Å²) in [6.07, 6.45) is 1.02. The van der Waals surface area contributed by atoms with Crippen molar-refractivity contribution in [2.24, 2.45) is 0 Å². The van der Waals surface area contributed by atoms with E-state index in [2.05, 4.69) is 57.9 Å².